The molecule has 3 amide bonds. The zero-order chi connectivity index (χ0) is 18.0. The van der Waals surface area contributed by atoms with Crippen LogP contribution in [-0.2, 0) is 16.0 Å². The van der Waals surface area contributed by atoms with Crippen LogP contribution in [0.5, 0.6) is 0 Å². The molecule has 0 unspecified atom stereocenters. The maximum absolute atomic E-state index is 13.6. The van der Waals surface area contributed by atoms with E-state index in [-0.39, 0.29) is 23.9 Å². The SMILES string of the molecule is O=C1N[C@](Cc2ccccc2)(C2CCNCC2)C(=O)N1C1CCOCC1. The van der Waals surface area contributed by atoms with Crippen LogP contribution in [0, 0.1) is 5.92 Å². The minimum atomic E-state index is -0.821. The average Bonchev–Trinajstić information content (AvgIpc) is 2.94. The van der Waals surface area contributed by atoms with Gasteiger partial charge in [0.1, 0.15) is 5.54 Å². The molecular weight excluding hydrogens is 330 g/mol. The molecule has 3 aliphatic heterocycles. The van der Waals surface area contributed by atoms with Crippen LogP contribution >= 0.6 is 0 Å². The molecule has 0 radical (unpaired) electrons. The summed E-state index contributed by atoms with van der Waals surface area (Å²) in [7, 11) is 0. The van der Waals surface area contributed by atoms with Crippen LogP contribution in [0.25, 0.3) is 0 Å². The smallest absolute Gasteiger partial charge is 0.325 e. The third kappa shape index (κ3) is 3.12. The lowest BCUT2D eigenvalue weighted by Crippen LogP contribution is -2.57. The highest BCUT2D eigenvalue weighted by Gasteiger charge is 2.57. The molecule has 0 aliphatic carbocycles. The number of imide groups is 1. The van der Waals surface area contributed by atoms with Gasteiger partial charge in [-0.05, 0) is 50.3 Å². The summed E-state index contributed by atoms with van der Waals surface area (Å²) in [6.45, 7) is 3.00. The number of amides is 3. The second kappa shape index (κ2) is 7.37. The first kappa shape index (κ1) is 17.5. The van der Waals surface area contributed by atoms with Crippen molar-refractivity contribution < 1.29 is 14.3 Å². The Bertz CT molecular complexity index is 654. The van der Waals surface area contributed by atoms with Crippen molar-refractivity contribution in [2.24, 2.45) is 5.92 Å². The van der Waals surface area contributed by atoms with E-state index in [1.807, 2.05) is 30.3 Å². The first-order valence-corrected chi connectivity index (χ1v) is 9.69. The van der Waals surface area contributed by atoms with Gasteiger partial charge in [0, 0.05) is 25.7 Å². The molecule has 3 saturated heterocycles. The highest BCUT2D eigenvalue weighted by Crippen LogP contribution is 2.37. The maximum Gasteiger partial charge on any atom is 0.325 e. The molecule has 3 fully saturated rings. The van der Waals surface area contributed by atoms with Gasteiger partial charge < -0.3 is 15.4 Å². The fourth-order valence-electron chi connectivity index (χ4n) is 4.66. The largest absolute Gasteiger partial charge is 0.381 e. The number of nitrogens with zero attached hydrogens (tertiary/aromatic N) is 1. The van der Waals surface area contributed by atoms with Gasteiger partial charge in [-0.3, -0.25) is 9.69 Å². The Hall–Kier alpha value is -1.92. The molecule has 1 aromatic rings. The molecular formula is C20H27N3O3. The first-order valence-electron chi connectivity index (χ1n) is 9.69. The lowest BCUT2D eigenvalue weighted by Gasteiger charge is -2.38. The van der Waals surface area contributed by atoms with Crippen molar-refractivity contribution in [1.29, 1.82) is 0 Å². The summed E-state index contributed by atoms with van der Waals surface area (Å²) in [6, 6.07) is 9.77. The minimum Gasteiger partial charge on any atom is -0.381 e. The van der Waals surface area contributed by atoms with E-state index in [0.717, 1.165) is 44.3 Å². The van der Waals surface area contributed by atoms with Crippen molar-refractivity contribution in [3.8, 4) is 0 Å². The molecule has 0 spiro atoms. The number of ether oxygens (including phenoxy) is 1. The Balaban J connectivity index is 1.66. The number of piperidine rings is 1. The number of carbonyl (C=O) groups excluding carboxylic acids is 2. The van der Waals surface area contributed by atoms with Crippen molar-refractivity contribution in [3.05, 3.63) is 35.9 Å². The van der Waals surface area contributed by atoms with Crippen LogP contribution in [0.15, 0.2) is 30.3 Å². The van der Waals surface area contributed by atoms with Gasteiger partial charge in [0.05, 0.1) is 0 Å². The Morgan fingerprint density at radius 3 is 2.42 bits per heavy atom. The third-order valence-electron chi connectivity index (χ3n) is 6.07. The van der Waals surface area contributed by atoms with Gasteiger partial charge in [-0.15, -0.1) is 0 Å². The second-order valence-electron chi connectivity index (χ2n) is 7.61. The van der Waals surface area contributed by atoms with E-state index in [1.54, 1.807) is 0 Å². The van der Waals surface area contributed by atoms with Crippen molar-refractivity contribution in [2.75, 3.05) is 26.3 Å². The summed E-state index contributed by atoms with van der Waals surface area (Å²) in [5.74, 6) is 0.121. The van der Waals surface area contributed by atoms with Crippen LogP contribution in [0.1, 0.15) is 31.2 Å². The topological polar surface area (TPSA) is 70.7 Å². The van der Waals surface area contributed by atoms with Crippen LogP contribution in [-0.4, -0.2) is 54.7 Å². The van der Waals surface area contributed by atoms with E-state index in [9.17, 15) is 9.59 Å². The quantitative estimate of drug-likeness (QED) is 0.805. The van der Waals surface area contributed by atoms with E-state index in [1.165, 1.54) is 4.90 Å². The monoisotopic (exact) mass is 357 g/mol. The molecule has 3 aliphatic rings. The van der Waals surface area contributed by atoms with E-state index in [4.69, 9.17) is 4.74 Å². The molecule has 0 aromatic heterocycles. The Morgan fingerprint density at radius 1 is 1.04 bits per heavy atom. The third-order valence-corrected chi connectivity index (χ3v) is 6.07. The molecule has 0 bridgehead atoms. The number of rotatable bonds is 4. The zero-order valence-electron chi connectivity index (χ0n) is 15.1. The van der Waals surface area contributed by atoms with Crippen molar-refractivity contribution >= 4 is 11.9 Å². The summed E-state index contributed by atoms with van der Waals surface area (Å²) in [4.78, 5) is 28.0. The molecule has 4 rings (SSSR count). The van der Waals surface area contributed by atoms with Gasteiger partial charge in [-0.1, -0.05) is 30.3 Å². The highest BCUT2D eigenvalue weighted by molar-refractivity contribution is 6.07. The number of hydrogen-bond donors (Lipinski definition) is 2. The molecule has 1 aromatic carbocycles. The van der Waals surface area contributed by atoms with Crippen LogP contribution in [0.3, 0.4) is 0 Å². The van der Waals surface area contributed by atoms with Crippen LogP contribution in [0.2, 0.25) is 0 Å². The highest BCUT2D eigenvalue weighted by atomic mass is 16.5. The van der Waals surface area contributed by atoms with Gasteiger partial charge in [0.2, 0.25) is 0 Å². The van der Waals surface area contributed by atoms with Crippen molar-refractivity contribution in [2.45, 2.75) is 43.7 Å². The molecule has 1 atom stereocenters. The standard InChI is InChI=1S/C20H27N3O3/c24-18-20(16-6-10-21-11-7-16,14-15-4-2-1-3-5-15)22-19(25)23(18)17-8-12-26-13-9-17/h1-5,16-17,21H,6-14H2,(H,22,25)/t20-/m1/s1. The normalized spacial score (nSPS) is 28.4. The maximum atomic E-state index is 13.6. The predicted octanol–water partition coefficient (Wildman–Crippen LogP) is 1.70. The molecule has 140 valence electrons. The molecule has 2 N–H and O–H groups in total. The van der Waals surface area contributed by atoms with Crippen molar-refractivity contribution in [1.82, 2.24) is 15.5 Å². The van der Waals surface area contributed by atoms with E-state index >= 15 is 0 Å². The lowest BCUT2D eigenvalue weighted by atomic mass is 9.74. The Morgan fingerprint density at radius 2 is 1.73 bits per heavy atom. The zero-order valence-corrected chi connectivity index (χ0v) is 15.1. The Kier molecular flexibility index (Phi) is 4.96. The molecule has 6 heteroatoms. The van der Waals surface area contributed by atoms with E-state index < -0.39 is 5.54 Å². The van der Waals surface area contributed by atoms with Gasteiger partial charge in [0.15, 0.2) is 0 Å². The van der Waals surface area contributed by atoms with E-state index in [2.05, 4.69) is 10.6 Å². The second-order valence-corrected chi connectivity index (χ2v) is 7.61. The first-order chi connectivity index (χ1) is 12.7. The summed E-state index contributed by atoms with van der Waals surface area (Å²) in [5.41, 5.74) is 0.271. The molecule has 26 heavy (non-hydrogen) atoms. The fourth-order valence-corrected chi connectivity index (χ4v) is 4.66. The van der Waals surface area contributed by atoms with E-state index in [0.29, 0.717) is 19.6 Å². The number of carbonyl (C=O) groups is 2. The van der Waals surface area contributed by atoms with Gasteiger partial charge in [-0.2, -0.15) is 0 Å². The molecule has 3 heterocycles. The number of benzene rings is 1. The van der Waals surface area contributed by atoms with Gasteiger partial charge >= 0.3 is 6.03 Å². The fraction of sp³-hybridized carbons (Fsp3) is 0.600. The molecule has 6 nitrogen and oxygen atoms in total. The lowest BCUT2D eigenvalue weighted by molar-refractivity contribution is -0.136. The Labute approximate surface area is 154 Å². The molecule has 0 saturated carbocycles. The number of nitrogens with one attached hydrogen (secondary N) is 2. The minimum absolute atomic E-state index is 0.0369. The average molecular weight is 357 g/mol. The predicted molar refractivity (Wildman–Crippen MR) is 97.7 cm³/mol. The number of urea groups is 1. The van der Waals surface area contributed by atoms with Crippen LogP contribution in [0.4, 0.5) is 4.79 Å². The number of hydrogen-bond acceptors (Lipinski definition) is 4. The summed E-state index contributed by atoms with van der Waals surface area (Å²) >= 11 is 0. The van der Waals surface area contributed by atoms with Crippen LogP contribution < -0.4 is 10.6 Å². The van der Waals surface area contributed by atoms with Gasteiger partial charge in [0.25, 0.3) is 5.91 Å². The van der Waals surface area contributed by atoms with Gasteiger partial charge in [-0.25, -0.2) is 4.79 Å². The van der Waals surface area contributed by atoms with Crippen molar-refractivity contribution in [3.63, 3.8) is 0 Å². The summed E-state index contributed by atoms with van der Waals surface area (Å²) in [5, 5.41) is 6.52. The summed E-state index contributed by atoms with van der Waals surface area (Å²) in [6.07, 6.45) is 3.82. The summed E-state index contributed by atoms with van der Waals surface area (Å²) < 4.78 is 5.42.